The van der Waals surface area contributed by atoms with Gasteiger partial charge in [-0.1, -0.05) is 24.3 Å². The molecule has 1 fully saturated rings. The second kappa shape index (κ2) is 8.58. The average Bonchev–Trinajstić information content (AvgIpc) is 3.38. The van der Waals surface area contributed by atoms with Crippen LogP contribution < -0.4 is 10.5 Å². The summed E-state index contributed by atoms with van der Waals surface area (Å²) < 4.78 is 28.4. The third-order valence-corrected chi connectivity index (χ3v) is 8.04. The highest BCUT2D eigenvalue weighted by Gasteiger charge is 2.35. The van der Waals surface area contributed by atoms with Crippen LogP contribution in [0.5, 0.6) is 0 Å². The van der Waals surface area contributed by atoms with Crippen LogP contribution in [0.1, 0.15) is 17.5 Å². The number of pyridine rings is 1. The zero-order chi connectivity index (χ0) is 22.0. The molecule has 4 rings (SSSR count). The molecule has 0 spiro atoms. The first-order valence-electron chi connectivity index (χ1n) is 9.59. The van der Waals surface area contributed by atoms with Crippen molar-refractivity contribution in [3.05, 3.63) is 71.9 Å². The van der Waals surface area contributed by atoms with Crippen molar-refractivity contribution in [1.29, 1.82) is 5.41 Å². The summed E-state index contributed by atoms with van der Waals surface area (Å²) in [5, 5.41) is 7.54. The van der Waals surface area contributed by atoms with Crippen molar-refractivity contribution in [2.75, 3.05) is 6.54 Å². The van der Waals surface area contributed by atoms with Crippen LogP contribution in [-0.4, -0.2) is 42.6 Å². The van der Waals surface area contributed by atoms with Gasteiger partial charge in [0.1, 0.15) is 16.1 Å². The number of rotatable bonds is 7. The van der Waals surface area contributed by atoms with Crippen LogP contribution in [0.4, 0.5) is 0 Å². The lowest BCUT2D eigenvalue weighted by atomic mass is 10.1. The van der Waals surface area contributed by atoms with Crippen LogP contribution in [-0.2, 0) is 21.4 Å². The lowest BCUT2D eigenvalue weighted by Gasteiger charge is -2.17. The van der Waals surface area contributed by atoms with Crippen LogP contribution in [0.15, 0.2) is 65.0 Å². The lowest BCUT2D eigenvalue weighted by Crippen LogP contribution is -2.41. The molecule has 1 amide bonds. The molecule has 1 aliphatic rings. The molecule has 10 heteroatoms. The smallest absolute Gasteiger partial charge is 0.250 e. The Morgan fingerprint density at radius 3 is 2.81 bits per heavy atom. The molecule has 0 aliphatic carbocycles. The van der Waals surface area contributed by atoms with E-state index in [4.69, 9.17) is 11.1 Å². The van der Waals surface area contributed by atoms with Gasteiger partial charge in [0.25, 0.3) is 10.0 Å². The molecule has 2 aromatic heterocycles. The van der Waals surface area contributed by atoms with E-state index in [0.717, 1.165) is 21.8 Å². The highest BCUT2D eigenvalue weighted by molar-refractivity contribution is 7.91. The van der Waals surface area contributed by atoms with Gasteiger partial charge in [-0.2, -0.15) is 4.72 Å². The summed E-state index contributed by atoms with van der Waals surface area (Å²) in [5.41, 5.74) is 7.65. The maximum atomic E-state index is 12.8. The predicted molar refractivity (Wildman–Crippen MR) is 119 cm³/mol. The van der Waals surface area contributed by atoms with Crippen LogP contribution in [0.3, 0.4) is 0 Å². The number of aromatic nitrogens is 1. The van der Waals surface area contributed by atoms with Crippen molar-refractivity contribution in [1.82, 2.24) is 14.6 Å². The fourth-order valence-corrected chi connectivity index (χ4v) is 5.94. The highest BCUT2D eigenvalue weighted by Crippen LogP contribution is 2.30. The van der Waals surface area contributed by atoms with Gasteiger partial charge in [0, 0.05) is 24.8 Å². The highest BCUT2D eigenvalue weighted by atomic mass is 32.2. The first-order valence-corrected chi connectivity index (χ1v) is 11.9. The zero-order valence-electron chi connectivity index (χ0n) is 16.5. The third kappa shape index (κ3) is 4.66. The van der Waals surface area contributed by atoms with Gasteiger partial charge in [-0.3, -0.25) is 15.2 Å². The van der Waals surface area contributed by atoms with E-state index >= 15 is 0 Å². The summed E-state index contributed by atoms with van der Waals surface area (Å²) in [6.45, 7) is 0.779. The van der Waals surface area contributed by atoms with Gasteiger partial charge < -0.3 is 10.6 Å². The molecule has 8 nitrogen and oxygen atoms in total. The molecular weight excluding hydrogens is 434 g/mol. The van der Waals surface area contributed by atoms with Crippen LogP contribution in [0.2, 0.25) is 0 Å². The average molecular weight is 456 g/mol. The number of nitrogens with two attached hydrogens (primary N) is 1. The van der Waals surface area contributed by atoms with Crippen LogP contribution >= 0.6 is 11.3 Å². The van der Waals surface area contributed by atoms with Crippen LogP contribution in [0.25, 0.3) is 10.6 Å². The Hall–Kier alpha value is -3.08. The number of nitrogens with zero attached hydrogens (tertiary/aromatic N) is 2. The number of carbonyl (C=O) groups is 1. The minimum Gasteiger partial charge on any atom is -0.384 e. The van der Waals surface area contributed by atoms with E-state index in [0.29, 0.717) is 30.8 Å². The van der Waals surface area contributed by atoms with Gasteiger partial charge in [-0.25, -0.2) is 8.42 Å². The number of thiophene rings is 1. The zero-order valence-corrected chi connectivity index (χ0v) is 18.1. The Labute approximate surface area is 184 Å². The number of amides is 1. The van der Waals surface area contributed by atoms with Gasteiger partial charge in [-0.05, 0) is 42.3 Å². The topological polar surface area (TPSA) is 129 Å². The molecule has 31 heavy (non-hydrogen) atoms. The minimum atomic E-state index is -3.83. The van der Waals surface area contributed by atoms with E-state index in [1.54, 1.807) is 41.4 Å². The lowest BCUT2D eigenvalue weighted by molar-refractivity contribution is -0.129. The molecule has 1 saturated heterocycles. The third-order valence-electron chi connectivity index (χ3n) is 4.97. The predicted octanol–water partition coefficient (Wildman–Crippen LogP) is 2.17. The van der Waals surface area contributed by atoms with E-state index in [1.807, 2.05) is 18.2 Å². The summed E-state index contributed by atoms with van der Waals surface area (Å²) >= 11 is 1.12. The number of nitrogen functional groups attached to an aromatic ring is 1. The van der Waals surface area contributed by atoms with Crippen molar-refractivity contribution in [2.24, 2.45) is 5.73 Å². The SMILES string of the molecule is N=C(N)c1cccc(CN2CC[C@H](NS(=O)(=O)c3ccc(-c4ccccn4)s3)C2=O)c1. The molecule has 3 aromatic rings. The van der Waals surface area contributed by atoms with E-state index < -0.39 is 16.1 Å². The number of benzene rings is 1. The molecule has 0 bridgehead atoms. The molecule has 1 aliphatic heterocycles. The van der Waals surface area contributed by atoms with Crippen molar-refractivity contribution >= 4 is 33.1 Å². The number of nitrogens with one attached hydrogen (secondary N) is 2. The van der Waals surface area contributed by atoms with Crippen molar-refractivity contribution < 1.29 is 13.2 Å². The van der Waals surface area contributed by atoms with E-state index in [1.165, 1.54) is 6.07 Å². The maximum Gasteiger partial charge on any atom is 0.250 e. The Morgan fingerprint density at radius 2 is 2.06 bits per heavy atom. The summed E-state index contributed by atoms with van der Waals surface area (Å²) in [5.74, 6) is -0.306. The van der Waals surface area contributed by atoms with Gasteiger partial charge in [0.05, 0.1) is 10.6 Å². The maximum absolute atomic E-state index is 12.8. The fraction of sp³-hybridized carbons (Fsp3) is 0.190. The first-order chi connectivity index (χ1) is 14.8. The number of carbonyl (C=O) groups excluding carboxylic acids is 1. The number of hydrogen-bond donors (Lipinski definition) is 3. The first kappa shape index (κ1) is 21.2. The minimum absolute atomic E-state index is 0.0405. The quantitative estimate of drug-likeness (QED) is 0.371. The Bertz CT molecular complexity index is 1220. The number of amidine groups is 1. The van der Waals surface area contributed by atoms with E-state index in [-0.39, 0.29) is 16.0 Å². The standard InChI is InChI=1S/C21H21N5O3S2/c22-20(23)15-5-3-4-14(12-15)13-26-11-9-17(21(26)27)25-31(28,29)19-8-7-18(30-19)16-6-1-2-10-24-16/h1-8,10,12,17,25H,9,11,13H2,(H3,22,23)/t17-/m0/s1. The molecule has 160 valence electrons. The fourth-order valence-electron chi connectivity index (χ4n) is 3.42. The van der Waals surface area contributed by atoms with Gasteiger partial charge in [-0.15, -0.1) is 11.3 Å². The molecule has 1 aromatic carbocycles. The van der Waals surface area contributed by atoms with Gasteiger partial charge >= 0.3 is 0 Å². The van der Waals surface area contributed by atoms with E-state index in [9.17, 15) is 13.2 Å². The van der Waals surface area contributed by atoms with Crippen molar-refractivity contribution in [2.45, 2.75) is 23.2 Å². The second-order valence-electron chi connectivity index (χ2n) is 7.17. The summed E-state index contributed by atoms with van der Waals surface area (Å²) in [6.07, 6.45) is 2.04. The molecule has 1 atom stereocenters. The Morgan fingerprint density at radius 1 is 1.23 bits per heavy atom. The molecule has 4 N–H and O–H groups in total. The normalized spacial score (nSPS) is 16.6. The van der Waals surface area contributed by atoms with E-state index in [2.05, 4.69) is 9.71 Å². The molecule has 3 heterocycles. The molecule has 0 radical (unpaired) electrons. The summed E-state index contributed by atoms with van der Waals surface area (Å²) in [6, 6.07) is 15.0. The van der Waals surface area contributed by atoms with Gasteiger partial charge in [0.15, 0.2) is 0 Å². The molecular formula is C21H21N5O3S2. The van der Waals surface area contributed by atoms with Gasteiger partial charge in [0.2, 0.25) is 5.91 Å². The monoisotopic (exact) mass is 455 g/mol. The van der Waals surface area contributed by atoms with Crippen molar-refractivity contribution in [3.8, 4) is 10.6 Å². The molecule has 0 saturated carbocycles. The molecule has 0 unspecified atom stereocenters. The summed E-state index contributed by atoms with van der Waals surface area (Å²) in [4.78, 5) is 19.4. The number of likely N-dealkylation sites (tertiary alicyclic amines) is 1. The van der Waals surface area contributed by atoms with Crippen molar-refractivity contribution in [3.63, 3.8) is 0 Å². The summed E-state index contributed by atoms with van der Waals surface area (Å²) in [7, 11) is -3.83. The second-order valence-corrected chi connectivity index (χ2v) is 10.2. The Balaban J connectivity index is 1.44. The number of sulfonamides is 1. The van der Waals surface area contributed by atoms with Crippen LogP contribution in [0, 0.1) is 5.41 Å². The Kier molecular flexibility index (Phi) is 5.86. The number of hydrogen-bond acceptors (Lipinski definition) is 6. The largest absolute Gasteiger partial charge is 0.384 e.